The van der Waals surface area contributed by atoms with Gasteiger partial charge >= 0.3 is 0 Å². The molecule has 0 radical (unpaired) electrons. The van der Waals surface area contributed by atoms with E-state index < -0.39 is 10.0 Å². The second kappa shape index (κ2) is 4.90. The first-order chi connectivity index (χ1) is 9.45. The number of benzene rings is 1. The van der Waals surface area contributed by atoms with Crippen molar-refractivity contribution in [3.8, 4) is 0 Å². The molecule has 1 aromatic heterocycles. The molecule has 0 spiro atoms. The van der Waals surface area contributed by atoms with Gasteiger partial charge in [-0.3, -0.25) is 0 Å². The first kappa shape index (κ1) is 13.6. The molecule has 1 saturated heterocycles. The third-order valence-electron chi connectivity index (χ3n) is 4.21. The average molecular weight is 292 g/mol. The molecule has 1 aliphatic heterocycles. The van der Waals surface area contributed by atoms with Crippen LogP contribution in [0.15, 0.2) is 24.4 Å². The van der Waals surface area contributed by atoms with Crippen LogP contribution in [0.4, 0.5) is 0 Å². The molecule has 0 unspecified atom stereocenters. The topological polar surface area (TPSA) is 53.2 Å². The van der Waals surface area contributed by atoms with Gasteiger partial charge in [0.1, 0.15) is 0 Å². The van der Waals surface area contributed by atoms with E-state index in [1.807, 2.05) is 6.20 Å². The van der Waals surface area contributed by atoms with Gasteiger partial charge in [0.15, 0.2) is 0 Å². The maximum absolute atomic E-state index is 11.6. The van der Waals surface area contributed by atoms with Crippen LogP contribution in [0.2, 0.25) is 0 Å². The lowest BCUT2D eigenvalue weighted by molar-refractivity contribution is 0.322. The number of hydrogen-bond donors (Lipinski definition) is 1. The number of sulfonamides is 1. The number of piperidine rings is 1. The van der Waals surface area contributed by atoms with Crippen LogP contribution in [0, 0.1) is 6.92 Å². The van der Waals surface area contributed by atoms with Crippen LogP contribution < -0.4 is 0 Å². The number of aromatic amines is 1. The fourth-order valence-electron chi connectivity index (χ4n) is 3.18. The van der Waals surface area contributed by atoms with E-state index in [1.54, 1.807) is 4.31 Å². The van der Waals surface area contributed by atoms with Crippen molar-refractivity contribution in [3.05, 3.63) is 35.5 Å². The van der Waals surface area contributed by atoms with Crippen LogP contribution >= 0.6 is 0 Å². The molecule has 0 saturated carbocycles. The highest BCUT2D eigenvalue weighted by atomic mass is 32.2. The van der Waals surface area contributed by atoms with E-state index in [0.717, 1.165) is 12.8 Å². The summed E-state index contributed by atoms with van der Waals surface area (Å²) in [6.45, 7) is 3.36. The van der Waals surface area contributed by atoms with E-state index in [2.05, 4.69) is 30.1 Å². The molecule has 4 nitrogen and oxygen atoms in total. The SMILES string of the molecule is Cc1cc(C2CCN(S(C)(=O)=O)CC2)c2cc[nH]c2c1. The monoisotopic (exact) mass is 292 g/mol. The van der Waals surface area contributed by atoms with Crippen LogP contribution in [0.5, 0.6) is 0 Å². The molecule has 1 fully saturated rings. The number of fused-ring (bicyclic) bond motifs is 1. The van der Waals surface area contributed by atoms with Crippen LogP contribution in [0.1, 0.15) is 29.9 Å². The minimum atomic E-state index is -3.04. The first-order valence-electron chi connectivity index (χ1n) is 6.98. The van der Waals surface area contributed by atoms with Crippen LogP contribution in [-0.2, 0) is 10.0 Å². The Bertz CT molecular complexity index is 725. The highest BCUT2D eigenvalue weighted by Gasteiger charge is 2.26. The van der Waals surface area contributed by atoms with Gasteiger partial charge in [-0.2, -0.15) is 0 Å². The van der Waals surface area contributed by atoms with Crippen molar-refractivity contribution >= 4 is 20.9 Å². The van der Waals surface area contributed by atoms with Crippen molar-refractivity contribution in [2.75, 3.05) is 19.3 Å². The largest absolute Gasteiger partial charge is 0.361 e. The fourth-order valence-corrected chi connectivity index (χ4v) is 4.06. The molecule has 1 aromatic carbocycles. The molecule has 0 aliphatic carbocycles. The molecule has 108 valence electrons. The molecule has 3 rings (SSSR count). The van der Waals surface area contributed by atoms with Gasteiger partial charge in [0.25, 0.3) is 0 Å². The van der Waals surface area contributed by atoms with Crippen molar-refractivity contribution in [2.45, 2.75) is 25.7 Å². The summed E-state index contributed by atoms with van der Waals surface area (Å²) in [4.78, 5) is 3.27. The molecule has 0 bridgehead atoms. The smallest absolute Gasteiger partial charge is 0.211 e. The molecule has 2 aromatic rings. The fraction of sp³-hybridized carbons (Fsp3) is 0.467. The van der Waals surface area contributed by atoms with Gasteiger partial charge in [0, 0.05) is 30.2 Å². The van der Waals surface area contributed by atoms with Gasteiger partial charge in [-0.05, 0) is 48.9 Å². The maximum Gasteiger partial charge on any atom is 0.211 e. The maximum atomic E-state index is 11.6. The molecule has 0 amide bonds. The Kier molecular flexibility index (Phi) is 3.34. The van der Waals surface area contributed by atoms with Crippen molar-refractivity contribution in [1.82, 2.24) is 9.29 Å². The number of nitrogens with zero attached hydrogens (tertiary/aromatic N) is 1. The summed E-state index contributed by atoms with van der Waals surface area (Å²) in [6, 6.07) is 6.52. The van der Waals surface area contributed by atoms with Crippen molar-refractivity contribution in [2.24, 2.45) is 0 Å². The zero-order valence-corrected chi connectivity index (χ0v) is 12.7. The Hall–Kier alpha value is -1.33. The van der Waals surface area contributed by atoms with E-state index in [-0.39, 0.29) is 0 Å². The van der Waals surface area contributed by atoms with E-state index in [0.29, 0.717) is 19.0 Å². The van der Waals surface area contributed by atoms with Gasteiger partial charge in [-0.1, -0.05) is 6.07 Å². The lowest BCUT2D eigenvalue weighted by atomic mass is 9.87. The van der Waals surface area contributed by atoms with Gasteiger partial charge in [0.2, 0.25) is 10.0 Å². The Balaban J connectivity index is 1.89. The van der Waals surface area contributed by atoms with E-state index >= 15 is 0 Å². The third kappa shape index (κ3) is 2.47. The second-order valence-electron chi connectivity index (χ2n) is 5.73. The zero-order chi connectivity index (χ0) is 14.3. The lowest BCUT2D eigenvalue weighted by Gasteiger charge is -2.31. The number of rotatable bonds is 2. The van der Waals surface area contributed by atoms with Crippen LogP contribution in [0.25, 0.3) is 10.9 Å². The summed E-state index contributed by atoms with van der Waals surface area (Å²) < 4.78 is 24.7. The molecule has 2 heterocycles. The van der Waals surface area contributed by atoms with E-state index in [4.69, 9.17) is 0 Å². The number of hydrogen-bond acceptors (Lipinski definition) is 2. The Morgan fingerprint density at radius 3 is 2.60 bits per heavy atom. The van der Waals surface area contributed by atoms with Crippen molar-refractivity contribution in [3.63, 3.8) is 0 Å². The van der Waals surface area contributed by atoms with Gasteiger partial charge in [0.05, 0.1) is 6.26 Å². The predicted molar refractivity (Wildman–Crippen MR) is 81.4 cm³/mol. The van der Waals surface area contributed by atoms with E-state index in [1.165, 1.54) is 28.3 Å². The van der Waals surface area contributed by atoms with Crippen molar-refractivity contribution in [1.29, 1.82) is 0 Å². The summed E-state index contributed by atoms with van der Waals surface area (Å²) in [6.07, 6.45) is 5.07. The predicted octanol–water partition coefficient (Wildman–Crippen LogP) is 2.62. The molecular weight excluding hydrogens is 272 g/mol. The number of aromatic nitrogens is 1. The normalized spacial score (nSPS) is 18.7. The third-order valence-corrected chi connectivity index (χ3v) is 5.51. The lowest BCUT2D eigenvalue weighted by Crippen LogP contribution is -2.37. The Labute approximate surface area is 119 Å². The summed E-state index contributed by atoms with van der Waals surface area (Å²) >= 11 is 0. The highest BCUT2D eigenvalue weighted by Crippen LogP contribution is 2.34. The van der Waals surface area contributed by atoms with Gasteiger partial charge in [-0.15, -0.1) is 0 Å². The second-order valence-corrected chi connectivity index (χ2v) is 7.71. The standard InChI is InChI=1S/C15H20N2O2S/c1-11-9-14(13-3-6-16-15(13)10-11)12-4-7-17(8-5-12)20(2,18)19/h3,6,9-10,12,16H,4-5,7-8H2,1-2H3. The van der Waals surface area contributed by atoms with Crippen molar-refractivity contribution < 1.29 is 8.42 Å². The molecule has 20 heavy (non-hydrogen) atoms. The summed E-state index contributed by atoms with van der Waals surface area (Å²) in [5.74, 6) is 0.450. The Morgan fingerprint density at radius 2 is 1.95 bits per heavy atom. The molecule has 1 aliphatic rings. The van der Waals surface area contributed by atoms with Gasteiger partial charge < -0.3 is 4.98 Å². The summed E-state index contributed by atoms with van der Waals surface area (Å²) in [5.41, 5.74) is 3.78. The number of H-pyrrole nitrogens is 1. The summed E-state index contributed by atoms with van der Waals surface area (Å²) in [7, 11) is -3.04. The van der Waals surface area contributed by atoms with E-state index in [9.17, 15) is 8.42 Å². The Morgan fingerprint density at radius 1 is 1.25 bits per heavy atom. The number of aryl methyl sites for hydroxylation is 1. The molecule has 1 N–H and O–H groups in total. The first-order valence-corrected chi connectivity index (χ1v) is 8.83. The van der Waals surface area contributed by atoms with Gasteiger partial charge in [-0.25, -0.2) is 12.7 Å². The minimum Gasteiger partial charge on any atom is -0.361 e. The summed E-state index contributed by atoms with van der Waals surface area (Å²) in [5, 5.41) is 1.27. The molecule has 5 heteroatoms. The quantitative estimate of drug-likeness (QED) is 0.925. The average Bonchev–Trinajstić information content (AvgIpc) is 2.85. The van der Waals surface area contributed by atoms with Crippen LogP contribution in [0.3, 0.4) is 0 Å². The minimum absolute atomic E-state index is 0.450. The van der Waals surface area contributed by atoms with Crippen LogP contribution in [-0.4, -0.2) is 37.1 Å². The molecular formula is C15H20N2O2S. The molecule has 0 atom stereocenters. The highest BCUT2D eigenvalue weighted by molar-refractivity contribution is 7.88. The number of nitrogens with one attached hydrogen (secondary N) is 1. The zero-order valence-electron chi connectivity index (χ0n) is 11.9.